The largest absolute Gasteiger partial charge is 0.495 e. The van der Waals surface area contributed by atoms with Crippen LogP contribution in [0.15, 0.2) is 23.1 Å². The van der Waals surface area contributed by atoms with Gasteiger partial charge in [-0.05, 0) is 6.07 Å². The third-order valence-electron chi connectivity index (χ3n) is 2.21. The highest BCUT2D eigenvalue weighted by Crippen LogP contribution is 2.28. The van der Waals surface area contributed by atoms with Gasteiger partial charge in [-0.3, -0.25) is 15.0 Å². The fraction of sp³-hybridized carbons (Fsp3) is 0.400. The van der Waals surface area contributed by atoms with E-state index in [1.165, 1.54) is 14.2 Å². The molecular formula is C10H14N2O7S. The summed E-state index contributed by atoms with van der Waals surface area (Å²) in [6, 6.07) is 3.15. The van der Waals surface area contributed by atoms with Crippen LogP contribution in [0.1, 0.15) is 0 Å². The molecule has 20 heavy (non-hydrogen) atoms. The van der Waals surface area contributed by atoms with Crippen molar-refractivity contribution < 1.29 is 27.7 Å². The van der Waals surface area contributed by atoms with Crippen molar-refractivity contribution in [2.75, 3.05) is 27.4 Å². The van der Waals surface area contributed by atoms with Gasteiger partial charge in [0.25, 0.3) is 15.7 Å². The normalized spacial score (nSPS) is 11.3. The number of nitro groups is 1. The Morgan fingerprint density at radius 1 is 1.30 bits per heavy atom. The first kappa shape index (κ1) is 16.3. The lowest BCUT2D eigenvalue weighted by atomic mass is 10.3. The van der Waals surface area contributed by atoms with Crippen LogP contribution in [-0.2, 0) is 19.6 Å². The Balaban J connectivity index is 2.96. The average molecular weight is 306 g/mol. The minimum Gasteiger partial charge on any atom is -0.495 e. The molecule has 0 saturated carbocycles. The SMILES string of the molecule is COCCONS(=O)(=O)c1ccc([N+](=O)[O-])cc1OC. The summed E-state index contributed by atoms with van der Waals surface area (Å²) in [5.74, 6) is -0.151. The Morgan fingerprint density at radius 2 is 2.00 bits per heavy atom. The molecule has 1 N–H and O–H groups in total. The monoisotopic (exact) mass is 306 g/mol. The highest BCUT2D eigenvalue weighted by molar-refractivity contribution is 7.89. The minimum atomic E-state index is -4.00. The van der Waals surface area contributed by atoms with Crippen molar-refractivity contribution in [3.63, 3.8) is 0 Å². The average Bonchev–Trinajstić information content (AvgIpc) is 2.42. The molecule has 0 heterocycles. The fourth-order valence-corrected chi connectivity index (χ4v) is 2.26. The molecule has 0 bridgehead atoms. The van der Waals surface area contributed by atoms with E-state index in [0.29, 0.717) is 0 Å². The zero-order valence-corrected chi connectivity index (χ0v) is 11.7. The van der Waals surface area contributed by atoms with Gasteiger partial charge in [0.2, 0.25) is 0 Å². The predicted molar refractivity (Wildman–Crippen MR) is 67.8 cm³/mol. The first-order chi connectivity index (χ1) is 9.42. The molecule has 0 aliphatic heterocycles. The second-order valence-electron chi connectivity index (χ2n) is 3.52. The van der Waals surface area contributed by atoms with E-state index in [2.05, 4.69) is 4.74 Å². The molecule has 0 radical (unpaired) electrons. The third-order valence-corrected chi connectivity index (χ3v) is 3.46. The molecule has 1 aromatic rings. The first-order valence-corrected chi connectivity index (χ1v) is 6.85. The van der Waals surface area contributed by atoms with Crippen LogP contribution in [0.25, 0.3) is 0 Å². The third kappa shape index (κ3) is 4.13. The lowest BCUT2D eigenvalue weighted by Gasteiger charge is -2.10. The van der Waals surface area contributed by atoms with Gasteiger partial charge in [0.05, 0.1) is 31.3 Å². The number of non-ortho nitro benzene ring substituents is 1. The molecule has 1 aromatic carbocycles. The Morgan fingerprint density at radius 3 is 2.55 bits per heavy atom. The fourth-order valence-electron chi connectivity index (χ4n) is 1.28. The molecule has 0 unspecified atom stereocenters. The number of benzene rings is 1. The van der Waals surface area contributed by atoms with Gasteiger partial charge >= 0.3 is 0 Å². The molecule has 0 fully saturated rings. The van der Waals surface area contributed by atoms with Gasteiger partial charge < -0.3 is 9.47 Å². The Hall–Kier alpha value is -1.75. The van der Waals surface area contributed by atoms with Crippen molar-refractivity contribution in [2.45, 2.75) is 4.90 Å². The van der Waals surface area contributed by atoms with Gasteiger partial charge in [-0.2, -0.15) is 0 Å². The van der Waals surface area contributed by atoms with Gasteiger partial charge in [0.15, 0.2) is 0 Å². The molecule has 0 aliphatic carbocycles. The highest BCUT2D eigenvalue weighted by Gasteiger charge is 2.22. The number of hydrogen-bond acceptors (Lipinski definition) is 7. The maximum atomic E-state index is 11.9. The summed E-state index contributed by atoms with van der Waals surface area (Å²) in [6.45, 7) is 0.227. The van der Waals surface area contributed by atoms with Crippen molar-refractivity contribution in [3.8, 4) is 5.75 Å². The van der Waals surface area contributed by atoms with Gasteiger partial charge in [0.1, 0.15) is 10.6 Å². The van der Waals surface area contributed by atoms with Crippen molar-refractivity contribution in [1.29, 1.82) is 0 Å². The van der Waals surface area contributed by atoms with Crippen LogP contribution in [-0.4, -0.2) is 40.8 Å². The zero-order valence-electron chi connectivity index (χ0n) is 10.9. The summed E-state index contributed by atoms with van der Waals surface area (Å²) in [5.41, 5.74) is -0.277. The molecule has 0 atom stereocenters. The Kier molecular flexibility index (Phi) is 5.82. The van der Waals surface area contributed by atoms with E-state index in [1.54, 1.807) is 0 Å². The Bertz CT molecular complexity index is 573. The maximum Gasteiger partial charge on any atom is 0.273 e. The molecule has 0 aromatic heterocycles. The maximum absolute atomic E-state index is 11.9. The van der Waals surface area contributed by atoms with E-state index in [1.807, 2.05) is 4.89 Å². The molecule has 0 aliphatic rings. The summed E-state index contributed by atoms with van der Waals surface area (Å²) in [5, 5.41) is 10.6. The second kappa shape index (κ2) is 7.14. The number of rotatable bonds is 8. The van der Waals surface area contributed by atoms with Gasteiger partial charge in [-0.1, -0.05) is 4.89 Å². The summed E-state index contributed by atoms with van der Waals surface area (Å²) >= 11 is 0. The van der Waals surface area contributed by atoms with Crippen LogP contribution in [0.3, 0.4) is 0 Å². The van der Waals surface area contributed by atoms with Crippen molar-refractivity contribution >= 4 is 15.7 Å². The number of ether oxygens (including phenoxy) is 2. The van der Waals surface area contributed by atoms with Crippen LogP contribution in [0, 0.1) is 10.1 Å². The topological polar surface area (TPSA) is 117 Å². The van der Waals surface area contributed by atoms with E-state index in [9.17, 15) is 18.5 Å². The summed E-state index contributed by atoms with van der Waals surface area (Å²) in [4.78, 5) is 16.3. The molecule has 9 nitrogen and oxygen atoms in total. The van der Waals surface area contributed by atoms with E-state index in [-0.39, 0.29) is 29.5 Å². The molecule has 1 rings (SSSR count). The molecular weight excluding hydrogens is 292 g/mol. The number of nitrogens with one attached hydrogen (secondary N) is 1. The molecule has 0 saturated heterocycles. The summed E-state index contributed by atoms with van der Waals surface area (Å²) in [7, 11) is -1.35. The van der Waals surface area contributed by atoms with Crippen LogP contribution in [0.4, 0.5) is 5.69 Å². The summed E-state index contributed by atoms with van der Waals surface area (Å²) < 4.78 is 33.4. The molecule has 0 spiro atoms. The van der Waals surface area contributed by atoms with Gasteiger partial charge in [-0.25, -0.2) is 8.42 Å². The number of nitro benzene ring substituents is 1. The number of nitrogens with zero attached hydrogens (tertiary/aromatic N) is 1. The van der Waals surface area contributed by atoms with E-state index >= 15 is 0 Å². The standard InChI is InChI=1S/C10H14N2O7S/c1-17-5-6-19-11-20(15,16)10-4-3-8(12(13)14)7-9(10)18-2/h3-4,7,11H,5-6H2,1-2H3. The van der Waals surface area contributed by atoms with Crippen LogP contribution in [0.2, 0.25) is 0 Å². The smallest absolute Gasteiger partial charge is 0.273 e. The Labute approximate surface area is 115 Å². The van der Waals surface area contributed by atoms with E-state index < -0.39 is 14.9 Å². The first-order valence-electron chi connectivity index (χ1n) is 5.37. The minimum absolute atomic E-state index is 0.0189. The number of hydrogen-bond donors (Lipinski definition) is 1. The number of methoxy groups -OCH3 is 2. The quantitative estimate of drug-likeness (QED) is 0.421. The molecule has 10 heteroatoms. The van der Waals surface area contributed by atoms with Gasteiger partial charge in [-0.15, -0.1) is 0 Å². The van der Waals surface area contributed by atoms with Crippen LogP contribution >= 0.6 is 0 Å². The predicted octanol–water partition coefficient (Wildman–Crippen LogP) is 0.460. The van der Waals surface area contributed by atoms with Crippen molar-refractivity contribution in [1.82, 2.24) is 4.89 Å². The zero-order chi connectivity index (χ0) is 15.2. The molecule has 0 amide bonds. The van der Waals surface area contributed by atoms with Gasteiger partial charge in [0, 0.05) is 13.2 Å². The van der Waals surface area contributed by atoms with Crippen LogP contribution in [0.5, 0.6) is 5.75 Å². The van der Waals surface area contributed by atoms with Crippen LogP contribution < -0.4 is 9.62 Å². The lowest BCUT2D eigenvalue weighted by molar-refractivity contribution is -0.385. The highest BCUT2D eigenvalue weighted by atomic mass is 32.2. The number of sulfonamides is 1. The van der Waals surface area contributed by atoms with Crippen molar-refractivity contribution in [2.24, 2.45) is 0 Å². The van der Waals surface area contributed by atoms with Crippen molar-refractivity contribution in [3.05, 3.63) is 28.3 Å². The second-order valence-corrected chi connectivity index (χ2v) is 5.13. The van der Waals surface area contributed by atoms with E-state index in [0.717, 1.165) is 18.2 Å². The molecule has 112 valence electrons. The van der Waals surface area contributed by atoms with E-state index in [4.69, 9.17) is 9.57 Å². The summed E-state index contributed by atoms with van der Waals surface area (Å²) in [6.07, 6.45) is 0. The lowest BCUT2D eigenvalue weighted by Crippen LogP contribution is -2.26.